The number of hydrogen-bond donors (Lipinski definition) is 1. The summed E-state index contributed by atoms with van der Waals surface area (Å²) in [6.45, 7) is 3.60. The minimum Gasteiger partial charge on any atom is -0.491 e. The van der Waals surface area contributed by atoms with E-state index in [0.717, 1.165) is 17.7 Å². The molecule has 31 heavy (non-hydrogen) atoms. The van der Waals surface area contributed by atoms with E-state index < -0.39 is 17.4 Å². The zero-order chi connectivity index (χ0) is 22.0. The molecule has 1 aromatic heterocycles. The van der Waals surface area contributed by atoms with Crippen molar-refractivity contribution in [3.05, 3.63) is 70.9 Å². The lowest BCUT2D eigenvalue weighted by Gasteiger charge is -2.38. The van der Waals surface area contributed by atoms with Crippen LogP contribution in [-0.2, 0) is 27.9 Å². The van der Waals surface area contributed by atoms with Crippen LogP contribution in [-0.4, -0.2) is 41.2 Å². The molecular weight excluding hydrogens is 406 g/mol. The SMILES string of the molecule is COc1c(F)cc(Cn2ncc(NC(=O)Cc3ccc(C4(C)COC4)cc3)n2)cc1F. The van der Waals surface area contributed by atoms with Crippen molar-refractivity contribution in [1.29, 1.82) is 0 Å². The molecule has 1 fully saturated rings. The maximum atomic E-state index is 13.8. The van der Waals surface area contributed by atoms with Crippen molar-refractivity contribution in [2.75, 3.05) is 25.6 Å². The molecule has 0 radical (unpaired) electrons. The number of halogens is 2. The van der Waals surface area contributed by atoms with Crippen LogP contribution in [0.5, 0.6) is 5.75 Å². The van der Waals surface area contributed by atoms with E-state index >= 15 is 0 Å². The number of methoxy groups -OCH3 is 1. The summed E-state index contributed by atoms with van der Waals surface area (Å²) in [5.74, 6) is -2.02. The van der Waals surface area contributed by atoms with Gasteiger partial charge in [-0.1, -0.05) is 31.2 Å². The molecule has 0 bridgehead atoms. The molecule has 7 nitrogen and oxygen atoms in total. The monoisotopic (exact) mass is 428 g/mol. The van der Waals surface area contributed by atoms with E-state index in [1.807, 2.05) is 24.3 Å². The first-order valence-corrected chi connectivity index (χ1v) is 9.75. The highest BCUT2D eigenvalue weighted by Gasteiger charge is 2.34. The van der Waals surface area contributed by atoms with Crippen molar-refractivity contribution in [3.63, 3.8) is 0 Å². The number of amides is 1. The molecule has 4 rings (SSSR count). The minimum absolute atomic E-state index is 0.0393. The molecule has 2 heterocycles. The Labute approximate surface area is 178 Å². The minimum atomic E-state index is -0.803. The maximum Gasteiger partial charge on any atom is 0.230 e. The summed E-state index contributed by atoms with van der Waals surface area (Å²) in [7, 11) is 1.20. The van der Waals surface area contributed by atoms with Gasteiger partial charge in [0, 0.05) is 5.41 Å². The van der Waals surface area contributed by atoms with Crippen molar-refractivity contribution in [3.8, 4) is 5.75 Å². The third kappa shape index (κ3) is 4.56. The fourth-order valence-electron chi connectivity index (χ4n) is 3.47. The van der Waals surface area contributed by atoms with E-state index in [2.05, 4.69) is 27.2 Å². The van der Waals surface area contributed by atoms with Crippen LogP contribution in [0.15, 0.2) is 42.6 Å². The number of ether oxygens (including phenoxy) is 2. The molecule has 3 aromatic rings. The fraction of sp³-hybridized carbons (Fsp3) is 0.318. The van der Waals surface area contributed by atoms with Crippen LogP contribution in [0.4, 0.5) is 14.6 Å². The molecular formula is C22H22F2N4O3. The van der Waals surface area contributed by atoms with E-state index in [9.17, 15) is 13.6 Å². The molecule has 1 N–H and O–H groups in total. The molecule has 1 aliphatic rings. The summed E-state index contributed by atoms with van der Waals surface area (Å²) in [6.07, 6.45) is 1.57. The van der Waals surface area contributed by atoms with Crippen LogP contribution < -0.4 is 10.1 Å². The Morgan fingerprint density at radius 3 is 2.45 bits per heavy atom. The van der Waals surface area contributed by atoms with Crippen LogP contribution in [0, 0.1) is 11.6 Å². The van der Waals surface area contributed by atoms with Crippen LogP contribution in [0.25, 0.3) is 0 Å². The van der Waals surface area contributed by atoms with Crippen LogP contribution in [0.2, 0.25) is 0 Å². The number of carbonyl (C=O) groups is 1. The van der Waals surface area contributed by atoms with Gasteiger partial charge >= 0.3 is 0 Å². The number of aromatic nitrogens is 3. The first-order valence-electron chi connectivity index (χ1n) is 9.75. The van der Waals surface area contributed by atoms with Gasteiger partial charge in [-0.25, -0.2) is 8.78 Å². The largest absolute Gasteiger partial charge is 0.491 e. The number of hydrogen-bond acceptors (Lipinski definition) is 5. The first-order chi connectivity index (χ1) is 14.9. The highest BCUT2D eigenvalue weighted by Crippen LogP contribution is 2.31. The number of anilines is 1. The van der Waals surface area contributed by atoms with Crippen molar-refractivity contribution in [1.82, 2.24) is 15.0 Å². The third-order valence-electron chi connectivity index (χ3n) is 5.25. The summed E-state index contributed by atoms with van der Waals surface area (Å²) < 4.78 is 37.6. The Balaban J connectivity index is 1.35. The molecule has 162 valence electrons. The van der Waals surface area contributed by atoms with E-state index in [-0.39, 0.29) is 30.1 Å². The molecule has 0 spiro atoms. The zero-order valence-corrected chi connectivity index (χ0v) is 17.2. The lowest BCUT2D eigenvalue weighted by Crippen LogP contribution is -2.43. The van der Waals surface area contributed by atoms with Crippen molar-refractivity contribution >= 4 is 11.7 Å². The Bertz CT molecular complexity index is 1070. The molecule has 0 unspecified atom stereocenters. The maximum absolute atomic E-state index is 13.8. The van der Waals surface area contributed by atoms with Gasteiger partial charge in [0.25, 0.3) is 0 Å². The van der Waals surface area contributed by atoms with Crippen molar-refractivity contribution in [2.24, 2.45) is 0 Å². The van der Waals surface area contributed by atoms with Gasteiger partial charge in [-0.15, -0.1) is 5.10 Å². The Morgan fingerprint density at radius 1 is 1.19 bits per heavy atom. The average Bonchev–Trinajstić information content (AvgIpc) is 3.13. The highest BCUT2D eigenvalue weighted by molar-refractivity contribution is 5.91. The summed E-state index contributed by atoms with van der Waals surface area (Å²) in [5, 5.41) is 10.9. The lowest BCUT2D eigenvalue weighted by molar-refractivity contribution is -0.115. The lowest BCUT2D eigenvalue weighted by atomic mass is 9.80. The standard InChI is InChI=1S/C22H22F2N4O3/c1-22(12-31-13-22)16-5-3-14(4-6-16)9-20(29)26-19-10-25-28(27-19)11-15-7-17(23)21(30-2)18(24)8-15/h3-8,10H,9,11-13H2,1-2H3,(H,26,27,29). The van der Waals surface area contributed by atoms with Gasteiger partial charge in [0.1, 0.15) is 0 Å². The fourth-order valence-corrected chi connectivity index (χ4v) is 3.47. The second kappa shape index (κ2) is 8.43. The summed E-state index contributed by atoms with van der Waals surface area (Å²) in [5.41, 5.74) is 2.45. The molecule has 9 heteroatoms. The summed E-state index contributed by atoms with van der Waals surface area (Å²) in [4.78, 5) is 13.6. The van der Waals surface area contributed by atoms with Gasteiger partial charge in [-0.2, -0.15) is 9.90 Å². The van der Waals surface area contributed by atoms with E-state index in [1.54, 1.807) is 0 Å². The molecule has 0 saturated carbocycles. The molecule has 2 aromatic carbocycles. The zero-order valence-electron chi connectivity index (χ0n) is 17.2. The number of nitrogens with zero attached hydrogens (tertiary/aromatic N) is 3. The quantitative estimate of drug-likeness (QED) is 0.626. The van der Waals surface area contributed by atoms with E-state index in [4.69, 9.17) is 4.74 Å². The molecule has 0 atom stereocenters. The molecule has 1 saturated heterocycles. The van der Waals surface area contributed by atoms with Gasteiger partial charge in [0.05, 0.1) is 39.5 Å². The Kier molecular flexibility index (Phi) is 5.69. The highest BCUT2D eigenvalue weighted by atomic mass is 19.1. The van der Waals surface area contributed by atoms with Crippen LogP contribution >= 0.6 is 0 Å². The molecule has 1 aliphatic heterocycles. The van der Waals surface area contributed by atoms with E-state index in [0.29, 0.717) is 18.8 Å². The van der Waals surface area contributed by atoms with Gasteiger partial charge in [-0.3, -0.25) is 4.79 Å². The van der Waals surface area contributed by atoms with Crippen LogP contribution in [0.3, 0.4) is 0 Å². The summed E-state index contributed by atoms with van der Waals surface area (Å²) >= 11 is 0. The third-order valence-corrected chi connectivity index (χ3v) is 5.25. The summed E-state index contributed by atoms with van der Waals surface area (Å²) in [6, 6.07) is 10.2. The smallest absolute Gasteiger partial charge is 0.230 e. The number of nitrogens with one attached hydrogen (secondary N) is 1. The normalized spacial score (nSPS) is 14.7. The number of benzene rings is 2. The van der Waals surface area contributed by atoms with Crippen molar-refractivity contribution < 1.29 is 23.0 Å². The van der Waals surface area contributed by atoms with Gasteiger partial charge < -0.3 is 14.8 Å². The van der Waals surface area contributed by atoms with Crippen LogP contribution in [0.1, 0.15) is 23.6 Å². The molecule has 0 aliphatic carbocycles. The predicted octanol–water partition coefficient (Wildman–Crippen LogP) is 3.08. The van der Waals surface area contributed by atoms with Crippen molar-refractivity contribution in [2.45, 2.75) is 25.3 Å². The second-order valence-corrected chi connectivity index (χ2v) is 7.83. The second-order valence-electron chi connectivity index (χ2n) is 7.83. The molecule has 1 amide bonds. The predicted molar refractivity (Wildman–Crippen MR) is 109 cm³/mol. The van der Waals surface area contributed by atoms with Gasteiger partial charge in [0.15, 0.2) is 23.2 Å². The number of rotatable bonds is 7. The first kappa shape index (κ1) is 20.9. The van der Waals surface area contributed by atoms with E-state index in [1.165, 1.54) is 23.7 Å². The van der Waals surface area contributed by atoms with Gasteiger partial charge in [0.2, 0.25) is 5.91 Å². The average molecular weight is 428 g/mol. The van der Waals surface area contributed by atoms with Gasteiger partial charge in [-0.05, 0) is 28.8 Å². The topological polar surface area (TPSA) is 78.3 Å². The Hall–Kier alpha value is -3.33. The Morgan fingerprint density at radius 2 is 1.87 bits per heavy atom. The number of carbonyl (C=O) groups excluding carboxylic acids is 1.